The summed E-state index contributed by atoms with van der Waals surface area (Å²) < 4.78 is 5.60. The molecule has 2 atom stereocenters. The van der Waals surface area contributed by atoms with Gasteiger partial charge in [-0.05, 0) is 37.1 Å². The van der Waals surface area contributed by atoms with E-state index in [0.717, 1.165) is 19.4 Å². The molecule has 0 saturated carbocycles. The van der Waals surface area contributed by atoms with Crippen LogP contribution in [-0.2, 0) is 4.74 Å². The van der Waals surface area contributed by atoms with Gasteiger partial charge < -0.3 is 10.1 Å². The molecule has 100 valence electrons. The van der Waals surface area contributed by atoms with Gasteiger partial charge >= 0.3 is 0 Å². The fourth-order valence-corrected chi connectivity index (χ4v) is 2.40. The maximum absolute atomic E-state index is 12.0. The summed E-state index contributed by atoms with van der Waals surface area (Å²) in [5.74, 6) is 0.318. The molecule has 19 heavy (non-hydrogen) atoms. The van der Waals surface area contributed by atoms with Gasteiger partial charge in [-0.2, -0.15) is 5.26 Å². The molecule has 4 nitrogen and oxygen atoms in total. The number of hydrogen-bond acceptors (Lipinski definition) is 3. The number of nitrogens with zero attached hydrogens (tertiary/aromatic N) is 1. The fourth-order valence-electron chi connectivity index (χ4n) is 2.40. The zero-order valence-electron chi connectivity index (χ0n) is 11.1. The summed E-state index contributed by atoms with van der Waals surface area (Å²) in [5, 5.41) is 11.6. The molecule has 2 rings (SSSR count). The standard InChI is InChI=1S/C15H18N2O2/c1-2-14-13(7-8-19-14)10-17-15(18)12-5-3-11(9-16)4-6-12/h3-6,13-14H,2,7-8,10H2,1H3,(H,17,18). The van der Waals surface area contributed by atoms with Crippen molar-refractivity contribution in [2.75, 3.05) is 13.2 Å². The van der Waals surface area contributed by atoms with Crippen LogP contribution in [0.2, 0.25) is 0 Å². The summed E-state index contributed by atoms with van der Waals surface area (Å²) in [7, 11) is 0. The van der Waals surface area contributed by atoms with Crippen LogP contribution >= 0.6 is 0 Å². The number of rotatable bonds is 4. The highest BCUT2D eigenvalue weighted by Crippen LogP contribution is 2.22. The van der Waals surface area contributed by atoms with E-state index in [-0.39, 0.29) is 12.0 Å². The Morgan fingerprint density at radius 1 is 1.47 bits per heavy atom. The lowest BCUT2D eigenvalue weighted by Gasteiger charge is -2.17. The summed E-state index contributed by atoms with van der Waals surface area (Å²) in [4.78, 5) is 12.0. The van der Waals surface area contributed by atoms with E-state index in [2.05, 4.69) is 12.2 Å². The van der Waals surface area contributed by atoms with Gasteiger partial charge in [0.25, 0.3) is 5.91 Å². The van der Waals surface area contributed by atoms with Gasteiger partial charge in [-0.1, -0.05) is 6.92 Å². The van der Waals surface area contributed by atoms with Crippen LogP contribution in [0.15, 0.2) is 24.3 Å². The second-order valence-corrected chi connectivity index (χ2v) is 4.77. The molecule has 1 aromatic rings. The Morgan fingerprint density at radius 2 is 2.21 bits per heavy atom. The van der Waals surface area contributed by atoms with Crippen molar-refractivity contribution in [3.05, 3.63) is 35.4 Å². The van der Waals surface area contributed by atoms with Crippen molar-refractivity contribution < 1.29 is 9.53 Å². The number of carbonyl (C=O) groups is 1. The first-order valence-corrected chi connectivity index (χ1v) is 6.64. The van der Waals surface area contributed by atoms with Gasteiger partial charge in [0.2, 0.25) is 0 Å². The molecule has 1 N–H and O–H groups in total. The van der Waals surface area contributed by atoms with Gasteiger partial charge in [0.1, 0.15) is 0 Å². The summed E-state index contributed by atoms with van der Waals surface area (Å²) in [6.45, 7) is 3.54. The van der Waals surface area contributed by atoms with Crippen molar-refractivity contribution in [2.24, 2.45) is 5.92 Å². The highest BCUT2D eigenvalue weighted by Gasteiger charge is 2.26. The number of nitrogens with one attached hydrogen (secondary N) is 1. The quantitative estimate of drug-likeness (QED) is 0.899. The summed E-state index contributed by atoms with van der Waals surface area (Å²) in [5.41, 5.74) is 1.15. The second-order valence-electron chi connectivity index (χ2n) is 4.77. The molecule has 1 aliphatic heterocycles. The van der Waals surface area contributed by atoms with Crippen molar-refractivity contribution in [3.63, 3.8) is 0 Å². The average molecular weight is 258 g/mol. The molecule has 1 fully saturated rings. The molecular weight excluding hydrogens is 240 g/mol. The third-order valence-corrected chi connectivity index (χ3v) is 3.55. The number of amides is 1. The van der Waals surface area contributed by atoms with Crippen molar-refractivity contribution in [1.82, 2.24) is 5.32 Å². The molecule has 1 aromatic carbocycles. The fraction of sp³-hybridized carbons (Fsp3) is 0.467. The van der Waals surface area contributed by atoms with Crippen molar-refractivity contribution >= 4 is 5.91 Å². The van der Waals surface area contributed by atoms with Gasteiger partial charge in [-0.25, -0.2) is 0 Å². The third-order valence-electron chi connectivity index (χ3n) is 3.55. The van der Waals surface area contributed by atoms with E-state index in [0.29, 0.717) is 23.6 Å². The first-order valence-electron chi connectivity index (χ1n) is 6.64. The summed E-state index contributed by atoms with van der Waals surface area (Å²) in [6.07, 6.45) is 2.25. The topological polar surface area (TPSA) is 62.1 Å². The largest absolute Gasteiger partial charge is 0.378 e. The van der Waals surface area contributed by atoms with E-state index in [1.54, 1.807) is 24.3 Å². The van der Waals surface area contributed by atoms with Crippen LogP contribution in [0.3, 0.4) is 0 Å². The lowest BCUT2D eigenvalue weighted by atomic mass is 9.99. The molecule has 4 heteroatoms. The van der Waals surface area contributed by atoms with E-state index in [9.17, 15) is 4.79 Å². The predicted octanol–water partition coefficient (Wildman–Crippen LogP) is 2.10. The molecule has 1 saturated heterocycles. The van der Waals surface area contributed by atoms with Gasteiger partial charge in [0, 0.05) is 24.6 Å². The minimum absolute atomic E-state index is 0.0914. The number of ether oxygens (including phenoxy) is 1. The van der Waals surface area contributed by atoms with Crippen LogP contribution in [0.25, 0.3) is 0 Å². The van der Waals surface area contributed by atoms with Gasteiger partial charge in [-0.15, -0.1) is 0 Å². The molecular formula is C15H18N2O2. The predicted molar refractivity (Wildman–Crippen MR) is 71.6 cm³/mol. The Hall–Kier alpha value is -1.86. The summed E-state index contributed by atoms with van der Waals surface area (Å²) >= 11 is 0. The normalized spacial score (nSPS) is 21.9. The Labute approximate surface area is 113 Å². The Balaban J connectivity index is 1.88. The molecule has 1 amide bonds. The van der Waals surface area contributed by atoms with Crippen LogP contribution in [0, 0.1) is 17.2 Å². The molecule has 0 radical (unpaired) electrons. The lowest BCUT2D eigenvalue weighted by molar-refractivity contribution is 0.0827. The minimum Gasteiger partial charge on any atom is -0.378 e. The molecule has 1 heterocycles. The van der Waals surface area contributed by atoms with E-state index >= 15 is 0 Å². The zero-order chi connectivity index (χ0) is 13.7. The van der Waals surface area contributed by atoms with Crippen LogP contribution in [0.5, 0.6) is 0 Å². The van der Waals surface area contributed by atoms with E-state index in [1.165, 1.54) is 0 Å². The number of hydrogen-bond donors (Lipinski definition) is 1. The molecule has 0 aromatic heterocycles. The van der Waals surface area contributed by atoms with E-state index < -0.39 is 0 Å². The molecule has 1 aliphatic rings. The number of benzene rings is 1. The molecule has 0 bridgehead atoms. The number of nitriles is 1. The highest BCUT2D eigenvalue weighted by atomic mass is 16.5. The minimum atomic E-state index is -0.0914. The zero-order valence-corrected chi connectivity index (χ0v) is 11.1. The smallest absolute Gasteiger partial charge is 0.251 e. The van der Waals surface area contributed by atoms with Gasteiger partial charge in [0.05, 0.1) is 17.7 Å². The van der Waals surface area contributed by atoms with Gasteiger partial charge in [0.15, 0.2) is 0 Å². The van der Waals surface area contributed by atoms with Crippen molar-refractivity contribution in [3.8, 4) is 6.07 Å². The van der Waals surface area contributed by atoms with Crippen LogP contribution in [-0.4, -0.2) is 25.2 Å². The Bertz CT molecular complexity index is 476. The molecule has 0 aliphatic carbocycles. The summed E-state index contributed by atoms with van der Waals surface area (Å²) in [6, 6.07) is 8.70. The molecule has 0 spiro atoms. The lowest BCUT2D eigenvalue weighted by Crippen LogP contribution is -2.32. The van der Waals surface area contributed by atoms with Gasteiger partial charge in [-0.3, -0.25) is 4.79 Å². The first kappa shape index (κ1) is 13.6. The highest BCUT2D eigenvalue weighted by molar-refractivity contribution is 5.94. The van der Waals surface area contributed by atoms with E-state index in [4.69, 9.17) is 10.00 Å². The van der Waals surface area contributed by atoms with Crippen LogP contribution < -0.4 is 5.32 Å². The van der Waals surface area contributed by atoms with Crippen molar-refractivity contribution in [2.45, 2.75) is 25.9 Å². The Kier molecular flexibility index (Phi) is 4.53. The average Bonchev–Trinajstić information content (AvgIpc) is 2.92. The van der Waals surface area contributed by atoms with E-state index in [1.807, 2.05) is 6.07 Å². The molecule has 2 unspecified atom stereocenters. The van der Waals surface area contributed by atoms with Crippen LogP contribution in [0.4, 0.5) is 0 Å². The monoisotopic (exact) mass is 258 g/mol. The van der Waals surface area contributed by atoms with Crippen LogP contribution in [0.1, 0.15) is 35.7 Å². The Morgan fingerprint density at radius 3 is 2.84 bits per heavy atom. The third kappa shape index (κ3) is 3.33. The maximum Gasteiger partial charge on any atom is 0.251 e. The SMILES string of the molecule is CCC1OCCC1CNC(=O)c1ccc(C#N)cc1. The maximum atomic E-state index is 12.0. The van der Waals surface area contributed by atoms with Crippen molar-refractivity contribution in [1.29, 1.82) is 5.26 Å². The first-order chi connectivity index (χ1) is 9.24. The number of carbonyl (C=O) groups excluding carboxylic acids is 1. The second kappa shape index (κ2) is 6.35.